The van der Waals surface area contributed by atoms with Gasteiger partial charge in [0.1, 0.15) is 6.61 Å². The topological polar surface area (TPSA) is 85.6 Å². The summed E-state index contributed by atoms with van der Waals surface area (Å²) in [6.45, 7) is 8.73. The van der Waals surface area contributed by atoms with E-state index >= 15 is 0 Å². The van der Waals surface area contributed by atoms with Gasteiger partial charge in [-0.05, 0) is 63.3 Å². The highest BCUT2D eigenvalue weighted by atomic mass is 35.5. The summed E-state index contributed by atoms with van der Waals surface area (Å²) < 4.78 is 54.2. The van der Waals surface area contributed by atoms with Gasteiger partial charge in [-0.3, -0.25) is 0 Å². The third-order valence-electron chi connectivity index (χ3n) is 7.49. The summed E-state index contributed by atoms with van der Waals surface area (Å²) >= 11 is 6.13. The smallest absolute Gasteiger partial charge is 0.416 e. The van der Waals surface area contributed by atoms with Crippen molar-refractivity contribution in [1.29, 1.82) is 0 Å². The van der Waals surface area contributed by atoms with Gasteiger partial charge in [0.2, 0.25) is 5.95 Å². The fourth-order valence-electron chi connectivity index (χ4n) is 5.48. The molecule has 3 heterocycles. The zero-order valence-electron chi connectivity index (χ0n) is 24.8. The molecule has 2 aromatic heterocycles. The van der Waals surface area contributed by atoms with Crippen molar-refractivity contribution in [3.05, 3.63) is 65.5 Å². The Hall–Kier alpha value is -3.54. The van der Waals surface area contributed by atoms with E-state index in [1.807, 2.05) is 48.3 Å². The Morgan fingerprint density at radius 2 is 1.79 bits per heavy atom. The molecule has 0 radical (unpaired) electrons. The van der Waals surface area contributed by atoms with Gasteiger partial charge < -0.3 is 23.8 Å². The number of amides is 1. The highest BCUT2D eigenvalue weighted by Gasteiger charge is 2.41. The fourth-order valence-corrected chi connectivity index (χ4v) is 5.73. The predicted octanol–water partition coefficient (Wildman–Crippen LogP) is 7.00. The lowest BCUT2D eigenvalue weighted by Gasteiger charge is -2.47. The molecule has 0 saturated carbocycles. The number of hydrogen-bond acceptors (Lipinski definition) is 7. The summed E-state index contributed by atoms with van der Waals surface area (Å²) in [5.74, 6) is 0.818. The van der Waals surface area contributed by atoms with Crippen molar-refractivity contribution in [2.45, 2.75) is 96.9 Å². The molecule has 1 saturated heterocycles. The van der Waals surface area contributed by atoms with Gasteiger partial charge in [-0.1, -0.05) is 25.4 Å². The van der Waals surface area contributed by atoms with Gasteiger partial charge >= 0.3 is 12.3 Å². The summed E-state index contributed by atoms with van der Waals surface area (Å²) in [6, 6.07) is 3.12. The first-order valence-corrected chi connectivity index (χ1v) is 14.9. The number of alkyl halides is 3. The van der Waals surface area contributed by atoms with Crippen molar-refractivity contribution in [3.63, 3.8) is 0 Å². The largest absolute Gasteiger partial charge is 0.488 e. The van der Waals surface area contributed by atoms with Crippen LogP contribution in [0.1, 0.15) is 64.5 Å². The number of ether oxygens (including phenoxy) is 2. The molecule has 1 aromatic carbocycles. The lowest BCUT2D eigenvalue weighted by Crippen LogP contribution is -2.57. The maximum Gasteiger partial charge on any atom is 0.416 e. The zero-order valence-corrected chi connectivity index (χ0v) is 25.6. The summed E-state index contributed by atoms with van der Waals surface area (Å²) in [5.41, 5.74) is -0.437. The van der Waals surface area contributed by atoms with Crippen LogP contribution in [0, 0.1) is 0 Å². The number of aromatic nitrogens is 4. The van der Waals surface area contributed by atoms with Crippen molar-refractivity contribution in [1.82, 2.24) is 24.4 Å². The fraction of sp³-hybridized carbons (Fsp3) is 0.533. The summed E-state index contributed by atoms with van der Waals surface area (Å²) in [4.78, 5) is 30.0. The van der Waals surface area contributed by atoms with Crippen LogP contribution in [0.5, 0.6) is 5.75 Å². The number of anilines is 1. The number of nitrogens with zero attached hydrogens (tertiary/aromatic N) is 6. The Bertz CT molecular complexity index is 1310. The number of likely N-dealkylation sites (tertiary alicyclic amines) is 1. The maximum atomic E-state index is 13.6. The van der Waals surface area contributed by atoms with Crippen LogP contribution in [-0.4, -0.2) is 61.3 Å². The Morgan fingerprint density at radius 1 is 1.12 bits per heavy atom. The van der Waals surface area contributed by atoms with E-state index in [0.717, 1.165) is 12.1 Å². The number of halogens is 4. The lowest BCUT2D eigenvalue weighted by molar-refractivity contribution is -0.137. The molecular formula is C30H38ClF3N6O3. The molecule has 3 aromatic rings. The average Bonchev–Trinajstić information content (AvgIpc) is 3.48. The first kappa shape index (κ1) is 32.4. The standard InChI is InChI=1S/C30H38ClF3N6O3/c1-5-24-14-26(15-25(6-2)40(24)29(41)43-20(3)4)39(18-21-11-22(30(32,33)34)13-23(31)12-21)28-36-16-27(17-37-28)42-10-9-38-8-7-35-19-38/h7-8,11-13,16-17,19-20,24-26H,5-6,9-10,14-15,18H2,1-4H3/t24-,25+,26?. The Morgan fingerprint density at radius 3 is 2.35 bits per heavy atom. The number of carbonyl (C=O) groups is 1. The van der Waals surface area contributed by atoms with Crippen molar-refractivity contribution in [2.24, 2.45) is 0 Å². The number of imidazole rings is 1. The number of piperidine rings is 1. The second-order valence-corrected chi connectivity index (χ2v) is 11.4. The van der Waals surface area contributed by atoms with Crippen LogP contribution < -0.4 is 9.64 Å². The van der Waals surface area contributed by atoms with E-state index < -0.39 is 11.7 Å². The summed E-state index contributed by atoms with van der Waals surface area (Å²) in [7, 11) is 0. The molecule has 1 aliphatic heterocycles. The molecule has 4 rings (SSSR count). The number of benzene rings is 1. The second kappa shape index (κ2) is 14.3. The molecule has 43 heavy (non-hydrogen) atoms. The van der Waals surface area contributed by atoms with E-state index in [1.165, 1.54) is 6.07 Å². The van der Waals surface area contributed by atoms with Gasteiger partial charge in [-0.25, -0.2) is 19.7 Å². The third-order valence-corrected chi connectivity index (χ3v) is 7.71. The molecular weight excluding hydrogens is 585 g/mol. The molecule has 1 unspecified atom stereocenters. The summed E-state index contributed by atoms with van der Waals surface area (Å²) in [5, 5.41) is -0.00328. The van der Waals surface area contributed by atoms with Gasteiger partial charge in [0, 0.05) is 42.1 Å². The molecule has 1 aliphatic rings. The van der Waals surface area contributed by atoms with Crippen LogP contribution in [0.15, 0.2) is 49.3 Å². The van der Waals surface area contributed by atoms with Crippen LogP contribution in [0.3, 0.4) is 0 Å². The predicted molar refractivity (Wildman–Crippen MR) is 157 cm³/mol. The molecule has 3 atom stereocenters. The molecule has 0 N–H and O–H groups in total. The maximum absolute atomic E-state index is 13.6. The number of rotatable bonds is 11. The van der Waals surface area contributed by atoms with Crippen molar-refractivity contribution >= 4 is 23.6 Å². The van der Waals surface area contributed by atoms with E-state index in [9.17, 15) is 18.0 Å². The third kappa shape index (κ3) is 8.52. The van der Waals surface area contributed by atoms with Crippen molar-refractivity contribution in [2.75, 3.05) is 11.5 Å². The first-order chi connectivity index (χ1) is 20.5. The second-order valence-electron chi connectivity index (χ2n) is 10.9. The quantitative estimate of drug-likeness (QED) is 0.228. The Balaban J connectivity index is 1.62. The first-order valence-electron chi connectivity index (χ1n) is 14.5. The molecule has 9 nitrogen and oxygen atoms in total. The Kier molecular flexibility index (Phi) is 10.8. The van der Waals surface area contributed by atoms with Crippen LogP contribution in [0.25, 0.3) is 0 Å². The van der Waals surface area contributed by atoms with Gasteiger partial charge in [-0.2, -0.15) is 13.2 Å². The molecule has 1 amide bonds. The molecule has 1 fully saturated rings. The minimum Gasteiger partial charge on any atom is -0.488 e. The van der Waals surface area contributed by atoms with Crippen LogP contribution in [0.2, 0.25) is 5.02 Å². The van der Waals surface area contributed by atoms with E-state index in [2.05, 4.69) is 15.0 Å². The zero-order chi connectivity index (χ0) is 31.1. The van der Waals surface area contributed by atoms with E-state index in [-0.39, 0.29) is 41.9 Å². The van der Waals surface area contributed by atoms with Crippen molar-refractivity contribution in [3.8, 4) is 5.75 Å². The molecule has 0 bridgehead atoms. The average molecular weight is 623 g/mol. The van der Waals surface area contributed by atoms with Gasteiger partial charge in [0.05, 0.1) is 36.9 Å². The lowest BCUT2D eigenvalue weighted by atomic mass is 9.87. The van der Waals surface area contributed by atoms with Crippen LogP contribution >= 0.6 is 11.6 Å². The molecule has 13 heteroatoms. The minimum atomic E-state index is -4.54. The number of carbonyl (C=O) groups excluding carboxylic acids is 1. The van der Waals surface area contributed by atoms with Crippen LogP contribution in [0.4, 0.5) is 23.9 Å². The van der Waals surface area contributed by atoms with E-state index in [0.29, 0.717) is 56.1 Å². The van der Waals surface area contributed by atoms with Gasteiger partial charge in [0.25, 0.3) is 0 Å². The Labute approximate surface area is 255 Å². The summed E-state index contributed by atoms with van der Waals surface area (Å²) in [6.07, 6.45) is 5.71. The highest BCUT2D eigenvalue weighted by Crippen LogP contribution is 2.36. The van der Waals surface area contributed by atoms with Gasteiger partial charge in [0.15, 0.2) is 5.75 Å². The molecule has 0 aliphatic carbocycles. The SMILES string of the molecule is CC[C@@H]1CC(N(Cc2cc(Cl)cc(C(F)(F)F)c2)c2ncc(OCCn3ccnc3)cn2)C[C@H](CC)N1C(=O)OC(C)C. The number of hydrogen-bond donors (Lipinski definition) is 0. The normalized spacial score (nSPS) is 19.0. The van der Waals surface area contributed by atoms with Crippen molar-refractivity contribution < 1.29 is 27.4 Å². The van der Waals surface area contributed by atoms with Gasteiger partial charge in [-0.15, -0.1) is 0 Å². The molecule has 234 valence electrons. The highest BCUT2D eigenvalue weighted by molar-refractivity contribution is 6.30. The van der Waals surface area contributed by atoms with E-state index in [1.54, 1.807) is 24.9 Å². The monoisotopic (exact) mass is 622 g/mol. The molecule has 0 spiro atoms. The van der Waals surface area contributed by atoms with E-state index in [4.69, 9.17) is 21.1 Å². The minimum absolute atomic E-state index is 0.00328. The van der Waals surface area contributed by atoms with Crippen LogP contribution in [-0.2, 0) is 24.0 Å².